The number of nitrogens with one attached hydrogen (secondary N) is 1. The summed E-state index contributed by atoms with van der Waals surface area (Å²) >= 11 is 0. The molecular weight excluding hydrogens is 292 g/mol. The molecule has 1 aromatic heterocycles. The Morgan fingerprint density at radius 2 is 1.65 bits per heavy atom. The molecular formula is C18H16N2O3. The number of carbonyl (C=O) groups excluding carboxylic acids is 1. The van der Waals surface area contributed by atoms with Crippen LogP contribution in [0.4, 0.5) is 0 Å². The Balaban J connectivity index is 1.56. The summed E-state index contributed by atoms with van der Waals surface area (Å²) < 4.78 is 10.7. The zero-order valence-electron chi connectivity index (χ0n) is 12.4. The first kappa shape index (κ1) is 14.8. The number of aromatic nitrogens is 2. The van der Waals surface area contributed by atoms with Gasteiger partial charge in [0.2, 0.25) is 0 Å². The summed E-state index contributed by atoms with van der Waals surface area (Å²) in [5.41, 5.74) is 1.95. The summed E-state index contributed by atoms with van der Waals surface area (Å²) in [6.45, 7) is 0.474. The summed E-state index contributed by atoms with van der Waals surface area (Å²) in [4.78, 5) is 12.2. The predicted octanol–water partition coefficient (Wildman–Crippen LogP) is 3.31. The van der Waals surface area contributed by atoms with Crippen LogP contribution in [-0.2, 0) is 4.74 Å². The first-order valence-electron chi connectivity index (χ1n) is 7.28. The zero-order valence-corrected chi connectivity index (χ0v) is 12.4. The summed E-state index contributed by atoms with van der Waals surface area (Å²) in [5.74, 6) is 0.325. The molecule has 1 heterocycles. The lowest BCUT2D eigenvalue weighted by atomic mass is 10.1. The molecule has 0 bridgehead atoms. The van der Waals surface area contributed by atoms with E-state index in [9.17, 15) is 4.79 Å². The first-order valence-corrected chi connectivity index (χ1v) is 7.28. The molecule has 0 unspecified atom stereocenters. The van der Waals surface area contributed by atoms with Gasteiger partial charge in [-0.3, -0.25) is 5.10 Å². The number of esters is 1. The van der Waals surface area contributed by atoms with Crippen molar-refractivity contribution >= 4 is 5.97 Å². The van der Waals surface area contributed by atoms with E-state index in [4.69, 9.17) is 9.47 Å². The average molecular weight is 308 g/mol. The van der Waals surface area contributed by atoms with E-state index in [2.05, 4.69) is 10.2 Å². The van der Waals surface area contributed by atoms with E-state index < -0.39 is 5.97 Å². The molecule has 0 fully saturated rings. The van der Waals surface area contributed by atoms with Crippen molar-refractivity contribution in [2.75, 3.05) is 13.2 Å². The van der Waals surface area contributed by atoms with Gasteiger partial charge in [-0.15, -0.1) is 0 Å². The van der Waals surface area contributed by atoms with E-state index in [0.717, 1.165) is 11.3 Å². The van der Waals surface area contributed by atoms with Gasteiger partial charge < -0.3 is 9.47 Å². The highest BCUT2D eigenvalue weighted by atomic mass is 16.6. The van der Waals surface area contributed by atoms with Crippen LogP contribution in [0, 0.1) is 0 Å². The monoisotopic (exact) mass is 308 g/mol. The molecule has 0 aliphatic rings. The molecule has 3 rings (SSSR count). The Morgan fingerprint density at radius 3 is 2.39 bits per heavy atom. The Hall–Kier alpha value is -3.08. The fourth-order valence-electron chi connectivity index (χ4n) is 2.15. The highest BCUT2D eigenvalue weighted by molar-refractivity contribution is 5.95. The van der Waals surface area contributed by atoms with Crippen LogP contribution in [0.3, 0.4) is 0 Å². The van der Waals surface area contributed by atoms with Crippen molar-refractivity contribution in [1.29, 1.82) is 0 Å². The zero-order chi connectivity index (χ0) is 15.9. The molecule has 5 heteroatoms. The van der Waals surface area contributed by atoms with Crippen molar-refractivity contribution in [3.8, 4) is 17.0 Å². The molecule has 3 aromatic rings. The maximum Gasteiger partial charge on any atom is 0.342 e. The van der Waals surface area contributed by atoms with Crippen molar-refractivity contribution in [2.45, 2.75) is 0 Å². The molecule has 0 atom stereocenters. The smallest absolute Gasteiger partial charge is 0.342 e. The molecule has 0 spiro atoms. The van der Waals surface area contributed by atoms with Crippen LogP contribution in [0.1, 0.15) is 10.4 Å². The van der Waals surface area contributed by atoms with Crippen molar-refractivity contribution in [1.82, 2.24) is 10.2 Å². The first-order chi connectivity index (χ1) is 11.3. The topological polar surface area (TPSA) is 64.2 Å². The van der Waals surface area contributed by atoms with Gasteiger partial charge in [0.25, 0.3) is 0 Å². The van der Waals surface area contributed by atoms with Crippen LogP contribution in [0.15, 0.2) is 66.9 Å². The van der Waals surface area contributed by atoms with Crippen LogP contribution in [0.2, 0.25) is 0 Å². The van der Waals surface area contributed by atoms with Crippen LogP contribution < -0.4 is 4.74 Å². The number of aromatic amines is 1. The highest BCUT2D eigenvalue weighted by Crippen LogP contribution is 2.21. The van der Waals surface area contributed by atoms with Crippen molar-refractivity contribution in [3.63, 3.8) is 0 Å². The second-order valence-electron chi connectivity index (χ2n) is 4.82. The molecule has 0 amide bonds. The Bertz CT molecular complexity index is 754. The molecule has 0 aliphatic heterocycles. The number of rotatable bonds is 6. The van der Waals surface area contributed by atoms with E-state index in [1.165, 1.54) is 6.20 Å². The third-order valence-corrected chi connectivity index (χ3v) is 3.25. The van der Waals surface area contributed by atoms with Gasteiger partial charge in [-0.05, 0) is 12.1 Å². The maximum absolute atomic E-state index is 12.2. The number of nitrogens with zero attached hydrogens (tertiary/aromatic N) is 1. The molecule has 0 saturated carbocycles. The second kappa shape index (κ2) is 7.26. The number of H-pyrrole nitrogens is 1. The molecule has 0 aliphatic carbocycles. The fourth-order valence-corrected chi connectivity index (χ4v) is 2.15. The Morgan fingerprint density at radius 1 is 0.957 bits per heavy atom. The molecule has 2 aromatic carbocycles. The summed E-state index contributed by atoms with van der Waals surface area (Å²) in [7, 11) is 0. The molecule has 5 nitrogen and oxygen atoms in total. The lowest BCUT2D eigenvalue weighted by Crippen LogP contribution is -2.12. The Kier molecular flexibility index (Phi) is 4.69. The average Bonchev–Trinajstić information content (AvgIpc) is 3.10. The SMILES string of the molecule is O=C(OCCOc1ccccc1)c1cn[nH]c1-c1ccccc1. The minimum Gasteiger partial charge on any atom is -0.490 e. The number of ether oxygens (including phenoxy) is 2. The van der Waals surface area contributed by atoms with Gasteiger partial charge in [-0.25, -0.2) is 4.79 Å². The number of carbonyl (C=O) groups is 1. The van der Waals surface area contributed by atoms with Crippen LogP contribution >= 0.6 is 0 Å². The number of hydrogen-bond donors (Lipinski definition) is 1. The predicted molar refractivity (Wildman–Crippen MR) is 86.2 cm³/mol. The number of para-hydroxylation sites is 1. The number of benzene rings is 2. The third kappa shape index (κ3) is 3.77. The molecule has 23 heavy (non-hydrogen) atoms. The maximum atomic E-state index is 12.2. The van der Waals surface area contributed by atoms with E-state index in [1.54, 1.807) is 0 Å². The van der Waals surface area contributed by atoms with Crippen LogP contribution in [-0.4, -0.2) is 29.4 Å². The number of hydrogen-bond acceptors (Lipinski definition) is 4. The molecule has 116 valence electrons. The molecule has 0 radical (unpaired) electrons. The minimum atomic E-state index is -0.422. The second-order valence-corrected chi connectivity index (χ2v) is 4.82. The van der Waals surface area contributed by atoms with Crippen molar-refractivity contribution < 1.29 is 14.3 Å². The van der Waals surface area contributed by atoms with Gasteiger partial charge in [-0.1, -0.05) is 48.5 Å². The summed E-state index contributed by atoms with van der Waals surface area (Å²) in [5, 5.41) is 6.78. The normalized spacial score (nSPS) is 10.3. The van der Waals surface area contributed by atoms with Gasteiger partial charge in [-0.2, -0.15) is 5.10 Å². The minimum absolute atomic E-state index is 0.174. The van der Waals surface area contributed by atoms with Gasteiger partial charge >= 0.3 is 5.97 Å². The van der Waals surface area contributed by atoms with Gasteiger partial charge in [0.15, 0.2) is 0 Å². The van der Waals surface area contributed by atoms with Crippen molar-refractivity contribution in [2.24, 2.45) is 0 Å². The fraction of sp³-hybridized carbons (Fsp3) is 0.111. The van der Waals surface area contributed by atoms with E-state index in [-0.39, 0.29) is 6.61 Å². The molecule has 0 saturated heterocycles. The van der Waals surface area contributed by atoms with Gasteiger partial charge in [0, 0.05) is 5.56 Å². The van der Waals surface area contributed by atoms with E-state index >= 15 is 0 Å². The Labute approximate surface area is 133 Å². The quantitative estimate of drug-likeness (QED) is 0.560. The van der Waals surface area contributed by atoms with Crippen molar-refractivity contribution in [3.05, 3.63) is 72.4 Å². The molecule has 1 N–H and O–H groups in total. The third-order valence-electron chi connectivity index (χ3n) is 3.25. The van der Waals surface area contributed by atoms with E-state index in [0.29, 0.717) is 17.9 Å². The van der Waals surface area contributed by atoms with Crippen LogP contribution in [0.5, 0.6) is 5.75 Å². The summed E-state index contributed by atoms with van der Waals surface area (Å²) in [6.07, 6.45) is 1.47. The largest absolute Gasteiger partial charge is 0.490 e. The lowest BCUT2D eigenvalue weighted by Gasteiger charge is -2.07. The van der Waals surface area contributed by atoms with Gasteiger partial charge in [0.05, 0.1) is 11.9 Å². The van der Waals surface area contributed by atoms with Crippen LogP contribution in [0.25, 0.3) is 11.3 Å². The summed E-state index contributed by atoms with van der Waals surface area (Å²) in [6, 6.07) is 18.9. The van der Waals surface area contributed by atoms with Gasteiger partial charge in [0.1, 0.15) is 24.5 Å². The lowest BCUT2D eigenvalue weighted by molar-refractivity contribution is 0.0451. The standard InChI is InChI=1S/C18H16N2O3/c21-18(23-12-11-22-15-9-5-2-6-10-15)16-13-19-20-17(16)14-7-3-1-4-8-14/h1-10,13H,11-12H2,(H,19,20). The highest BCUT2D eigenvalue weighted by Gasteiger charge is 2.16. The van der Waals surface area contributed by atoms with E-state index in [1.807, 2.05) is 60.7 Å².